The van der Waals surface area contributed by atoms with Crippen molar-refractivity contribution in [2.75, 3.05) is 0 Å². The molecule has 13 nitrogen and oxygen atoms in total. The first kappa shape index (κ1) is 85.9. The van der Waals surface area contributed by atoms with E-state index in [0.29, 0.717) is 80.1 Å². The van der Waals surface area contributed by atoms with E-state index < -0.39 is 17.1 Å². The summed E-state index contributed by atoms with van der Waals surface area (Å²) in [5.74, 6) is 5.70. The molecular formula is C96H131N3O10S. The molecule has 110 heavy (non-hydrogen) atoms. The SMILES string of the molecule is Cc1cc(C(C)(C)C)c(O)c(C)c1Cn1c(=O)n(Cc2c(C)cc(C(C)(C)C)c(O)c2C)c(=O)n(Cc2c(C)cc(C(C)(C)C)c(O)c2C)c1=O.Cc1cc(C2CC3CC2C2C(c4cc(C)cc(C(C)(C)C)c4O)CCC32)c(O)c(C(C)(C)C)c1.Cc1cc(O)c(C(C)(C)C)cc1Sc1cc(C(C)(C)C)c(O)cc1C. The van der Waals surface area contributed by atoms with Crippen LogP contribution in [0.2, 0.25) is 0 Å². The second kappa shape index (κ2) is 30.4. The van der Waals surface area contributed by atoms with Crippen molar-refractivity contribution in [3.05, 3.63) is 221 Å². The minimum absolute atomic E-state index is 0.0718. The topological polar surface area (TPSA) is 208 Å². The van der Waals surface area contributed by atoms with Crippen molar-refractivity contribution in [3.63, 3.8) is 0 Å². The molecule has 6 atom stereocenters. The summed E-state index contributed by atoms with van der Waals surface area (Å²) < 4.78 is 3.15. The fourth-order valence-corrected chi connectivity index (χ4v) is 19.1. The monoisotopic (exact) mass is 1520 g/mol. The van der Waals surface area contributed by atoms with Crippen LogP contribution in [0, 0.1) is 92.9 Å². The first-order valence-electron chi connectivity index (χ1n) is 39.7. The number of hydrogen-bond donors (Lipinski definition) is 7. The molecule has 14 heteroatoms. The largest absolute Gasteiger partial charge is 0.508 e. The number of fused-ring (bicyclic) bond motifs is 5. The molecule has 3 aliphatic carbocycles. The third kappa shape index (κ3) is 17.1. The van der Waals surface area contributed by atoms with Gasteiger partial charge in [0.2, 0.25) is 0 Å². The van der Waals surface area contributed by atoms with Crippen LogP contribution >= 0.6 is 11.8 Å². The van der Waals surface area contributed by atoms with Crippen molar-refractivity contribution in [2.24, 2.45) is 23.7 Å². The highest BCUT2D eigenvalue weighted by Crippen LogP contribution is 2.69. The Morgan fingerprint density at radius 1 is 0.327 bits per heavy atom. The van der Waals surface area contributed by atoms with Gasteiger partial charge in [-0.3, -0.25) is 0 Å². The van der Waals surface area contributed by atoms with Crippen molar-refractivity contribution in [2.45, 2.75) is 319 Å². The second-order valence-electron chi connectivity index (χ2n) is 40.2. The number of benzene rings is 7. The number of phenolic OH excluding ortho intramolecular Hbond substituents is 7. The molecule has 1 heterocycles. The lowest BCUT2D eigenvalue weighted by Crippen LogP contribution is -2.55. The molecule has 6 unspecified atom stereocenters. The molecule has 11 rings (SSSR count). The van der Waals surface area contributed by atoms with E-state index in [4.69, 9.17) is 0 Å². The van der Waals surface area contributed by atoms with Crippen LogP contribution in [0.4, 0.5) is 0 Å². The van der Waals surface area contributed by atoms with Crippen molar-refractivity contribution in [3.8, 4) is 40.2 Å². The molecule has 7 aromatic carbocycles. The fraction of sp³-hybridized carbons (Fsp3) is 0.531. The van der Waals surface area contributed by atoms with Gasteiger partial charge in [0.1, 0.15) is 40.2 Å². The number of rotatable bonds is 10. The third-order valence-electron chi connectivity index (χ3n) is 24.4. The summed E-state index contributed by atoms with van der Waals surface area (Å²) in [6, 6.07) is 22.4. The van der Waals surface area contributed by atoms with E-state index in [2.05, 4.69) is 133 Å². The molecule has 2 bridgehead atoms. The molecule has 0 aliphatic heterocycles. The lowest BCUT2D eigenvalue weighted by molar-refractivity contribution is 0.213. The number of aromatic hydroxyl groups is 7. The maximum absolute atomic E-state index is 14.4. The molecule has 7 N–H and O–H groups in total. The summed E-state index contributed by atoms with van der Waals surface area (Å²) in [4.78, 5) is 45.4. The van der Waals surface area contributed by atoms with Gasteiger partial charge in [-0.25, -0.2) is 28.1 Å². The molecule has 596 valence electrons. The van der Waals surface area contributed by atoms with Crippen LogP contribution < -0.4 is 17.1 Å². The Hall–Kier alpha value is -8.10. The Morgan fingerprint density at radius 3 is 0.918 bits per heavy atom. The van der Waals surface area contributed by atoms with Crippen LogP contribution in [0.3, 0.4) is 0 Å². The average molecular weight is 1520 g/mol. The van der Waals surface area contributed by atoms with E-state index in [0.717, 1.165) is 102 Å². The highest BCUT2D eigenvalue weighted by Gasteiger charge is 2.58. The lowest BCUT2D eigenvalue weighted by Gasteiger charge is -2.37. The Morgan fingerprint density at radius 2 is 0.618 bits per heavy atom. The predicted octanol–water partition coefficient (Wildman–Crippen LogP) is 21.9. The smallest absolute Gasteiger partial charge is 0.336 e. The summed E-state index contributed by atoms with van der Waals surface area (Å²) in [6.07, 6.45) is 4.97. The summed E-state index contributed by atoms with van der Waals surface area (Å²) in [7, 11) is 0. The van der Waals surface area contributed by atoms with E-state index in [1.165, 1.54) is 47.9 Å². The third-order valence-corrected chi connectivity index (χ3v) is 25.7. The number of hydrogen-bond acceptors (Lipinski definition) is 11. The zero-order chi connectivity index (χ0) is 82.8. The standard InChI is InChI=1S/C42H57N3O6.C32H44O2.C22H30O2S/c1-22-16-31(40(7,8)9)34(46)25(4)28(22)19-43-37(49)44(20-29-23(2)17-32(41(10,11)12)35(47)26(29)5)39(51)45(38(43)50)21-30-24(3)18-33(42(13,14)15)36(48)27(30)6;1-17-11-24(29(33)26(13-17)31(3,4)5)21-10-9-20-19-15-22(23(16-19)28(20)21)25-12-18(2)14-27(30(25)34)32(6,7)8;1-13-9-17(23)15(21(3,4)5)11-19(13)25-20-12-16(22(6,7)8)18(24)10-14(20)2/h16-18,46-48H,19-21H2,1-15H3;11-14,19-23,28,33-34H,9-10,15-16H2,1-8H3;9-12,23-24H,1-8H3. The zero-order valence-electron chi connectivity index (χ0n) is 72.4. The fourth-order valence-electron chi connectivity index (χ4n) is 18.1. The number of aryl methyl sites for hydroxylation is 7. The van der Waals surface area contributed by atoms with E-state index in [-0.39, 0.29) is 74.8 Å². The molecule has 3 fully saturated rings. The van der Waals surface area contributed by atoms with E-state index in [9.17, 15) is 50.1 Å². The average Bonchev–Trinajstić information content (AvgIpc) is 1.55. The number of phenols is 7. The van der Waals surface area contributed by atoms with Gasteiger partial charge in [0, 0.05) is 20.9 Å². The Bertz CT molecular complexity index is 4740. The first-order valence-corrected chi connectivity index (χ1v) is 40.5. The zero-order valence-corrected chi connectivity index (χ0v) is 73.2. The quantitative estimate of drug-likeness (QED) is 0.0685. The van der Waals surface area contributed by atoms with Crippen LogP contribution in [0.1, 0.15) is 305 Å². The molecule has 1 aromatic heterocycles. The van der Waals surface area contributed by atoms with Crippen LogP contribution in [0.5, 0.6) is 40.2 Å². The van der Waals surface area contributed by atoms with E-state index in [1.54, 1.807) is 32.5 Å². The van der Waals surface area contributed by atoms with Crippen molar-refractivity contribution < 1.29 is 35.7 Å². The van der Waals surface area contributed by atoms with Gasteiger partial charge in [0.15, 0.2) is 0 Å². The minimum Gasteiger partial charge on any atom is -0.508 e. The normalized spacial score (nSPS) is 18.1. The lowest BCUT2D eigenvalue weighted by atomic mass is 9.68. The Balaban J connectivity index is 0.000000203. The van der Waals surface area contributed by atoms with Gasteiger partial charge in [-0.15, -0.1) is 0 Å². The first-order chi connectivity index (χ1) is 50.3. The molecule has 0 radical (unpaired) electrons. The molecule has 0 saturated heterocycles. The molecule has 3 aliphatic rings. The molecular weight excluding hydrogens is 1390 g/mol. The van der Waals surface area contributed by atoms with Crippen molar-refractivity contribution in [1.82, 2.24) is 13.7 Å². The highest BCUT2D eigenvalue weighted by molar-refractivity contribution is 7.99. The van der Waals surface area contributed by atoms with Crippen LogP contribution in [0.15, 0.2) is 90.9 Å². The minimum atomic E-state index is -0.794. The predicted molar refractivity (Wildman–Crippen MR) is 454 cm³/mol. The Labute approximate surface area is 661 Å². The van der Waals surface area contributed by atoms with Gasteiger partial charge in [-0.1, -0.05) is 211 Å². The van der Waals surface area contributed by atoms with Crippen LogP contribution in [0.25, 0.3) is 0 Å². The van der Waals surface area contributed by atoms with Crippen molar-refractivity contribution >= 4 is 11.8 Å². The van der Waals surface area contributed by atoms with Crippen LogP contribution in [-0.2, 0) is 57.5 Å². The Kier molecular flexibility index (Phi) is 23.8. The molecule has 8 aromatic rings. The van der Waals surface area contributed by atoms with Gasteiger partial charge in [-0.2, -0.15) is 0 Å². The van der Waals surface area contributed by atoms with E-state index >= 15 is 0 Å². The maximum Gasteiger partial charge on any atom is 0.336 e. The summed E-state index contributed by atoms with van der Waals surface area (Å²) in [5.41, 5.74) is 15.4. The number of aromatic nitrogens is 3. The molecule has 0 amide bonds. The summed E-state index contributed by atoms with van der Waals surface area (Å²) in [5, 5.41) is 77.3. The van der Waals surface area contributed by atoms with Gasteiger partial charge >= 0.3 is 17.1 Å². The van der Waals surface area contributed by atoms with Crippen molar-refractivity contribution in [1.29, 1.82) is 0 Å². The van der Waals surface area contributed by atoms with Gasteiger partial charge in [-0.05, 0) is 293 Å². The van der Waals surface area contributed by atoms with E-state index in [1.807, 2.05) is 127 Å². The van der Waals surface area contributed by atoms with Gasteiger partial charge in [0.25, 0.3) is 0 Å². The van der Waals surface area contributed by atoms with Gasteiger partial charge < -0.3 is 35.7 Å². The van der Waals surface area contributed by atoms with Crippen LogP contribution in [-0.4, -0.2) is 49.4 Å². The van der Waals surface area contributed by atoms with Gasteiger partial charge in [0.05, 0.1) is 19.6 Å². The number of nitrogens with zero attached hydrogens (tertiary/aromatic N) is 3. The summed E-state index contributed by atoms with van der Waals surface area (Å²) >= 11 is 1.70. The second-order valence-corrected chi connectivity index (χ2v) is 41.3. The summed E-state index contributed by atoms with van der Waals surface area (Å²) in [6.45, 7) is 62.7. The maximum atomic E-state index is 14.4. The molecule has 0 spiro atoms. The molecule has 3 saturated carbocycles. The highest BCUT2D eigenvalue weighted by atomic mass is 32.2.